The predicted octanol–water partition coefficient (Wildman–Crippen LogP) is 13.2. The molecular formula is C54H35N3. The van der Waals surface area contributed by atoms with Crippen LogP contribution in [0.15, 0.2) is 213 Å². The van der Waals surface area contributed by atoms with E-state index in [4.69, 9.17) is 9.97 Å². The van der Waals surface area contributed by atoms with Crippen molar-refractivity contribution in [3.63, 3.8) is 0 Å². The molecule has 0 saturated heterocycles. The van der Waals surface area contributed by atoms with Gasteiger partial charge >= 0.3 is 0 Å². The third-order valence-corrected chi connectivity index (χ3v) is 11.7. The van der Waals surface area contributed by atoms with E-state index in [1.165, 1.54) is 49.9 Å². The zero-order valence-corrected chi connectivity index (χ0v) is 31.0. The van der Waals surface area contributed by atoms with Gasteiger partial charge in [0.15, 0.2) is 5.82 Å². The van der Waals surface area contributed by atoms with Gasteiger partial charge in [-0.25, -0.2) is 9.97 Å². The Bertz CT molecular complexity index is 3080. The minimum Gasteiger partial charge on any atom is -0.264 e. The van der Waals surface area contributed by atoms with Gasteiger partial charge in [-0.1, -0.05) is 182 Å². The molecule has 57 heavy (non-hydrogen) atoms. The van der Waals surface area contributed by atoms with Gasteiger partial charge in [-0.15, -0.1) is 0 Å². The van der Waals surface area contributed by atoms with E-state index in [1.54, 1.807) is 0 Å². The average molecular weight is 726 g/mol. The fourth-order valence-corrected chi connectivity index (χ4v) is 9.17. The lowest BCUT2D eigenvalue weighted by Gasteiger charge is -2.34. The Morgan fingerprint density at radius 3 is 1.75 bits per heavy atom. The second-order valence-corrected chi connectivity index (χ2v) is 14.7. The van der Waals surface area contributed by atoms with Crippen molar-refractivity contribution in [2.45, 2.75) is 5.41 Å². The van der Waals surface area contributed by atoms with Gasteiger partial charge in [0.2, 0.25) is 0 Å². The molecule has 3 nitrogen and oxygen atoms in total. The highest BCUT2D eigenvalue weighted by Crippen LogP contribution is 2.58. The number of benzene rings is 8. The largest absolute Gasteiger partial charge is 0.264 e. The van der Waals surface area contributed by atoms with Gasteiger partial charge in [-0.05, 0) is 78.9 Å². The predicted molar refractivity (Wildman–Crippen MR) is 234 cm³/mol. The van der Waals surface area contributed by atoms with Crippen molar-refractivity contribution in [2.75, 3.05) is 0 Å². The third kappa shape index (κ3) is 5.24. The quantitative estimate of drug-likeness (QED) is 0.171. The van der Waals surface area contributed by atoms with Crippen LogP contribution in [0.2, 0.25) is 0 Å². The Morgan fingerprint density at radius 1 is 0.368 bits per heavy atom. The summed E-state index contributed by atoms with van der Waals surface area (Å²) in [7, 11) is 0. The van der Waals surface area contributed by atoms with E-state index in [2.05, 4.69) is 181 Å². The molecule has 0 fully saturated rings. The summed E-state index contributed by atoms with van der Waals surface area (Å²) in [5.41, 5.74) is 14.4. The number of nitrogens with zero attached hydrogens (tertiary/aromatic N) is 3. The van der Waals surface area contributed by atoms with Crippen LogP contribution in [0, 0.1) is 0 Å². The van der Waals surface area contributed by atoms with Crippen LogP contribution in [-0.2, 0) is 5.41 Å². The van der Waals surface area contributed by atoms with Crippen LogP contribution in [-0.4, -0.2) is 15.0 Å². The summed E-state index contributed by atoms with van der Waals surface area (Å²) in [6, 6.07) is 72.1. The zero-order chi connectivity index (χ0) is 37.8. The molecule has 2 aromatic heterocycles. The normalized spacial score (nSPS) is 12.7. The smallest absolute Gasteiger partial charge is 0.160 e. The summed E-state index contributed by atoms with van der Waals surface area (Å²) in [5, 5.41) is 4.54. The van der Waals surface area contributed by atoms with Crippen molar-refractivity contribution in [1.29, 1.82) is 0 Å². The molecule has 10 aromatic rings. The first-order valence-corrected chi connectivity index (χ1v) is 19.4. The van der Waals surface area contributed by atoms with Crippen molar-refractivity contribution >= 4 is 21.5 Å². The first-order valence-electron chi connectivity index (χ1n) is 19.4. The van der Waals surface area contributed by atoms with Crippen LogP contribution in [0.4, 0.5) is 0 Å². The summed E-state index contributed by atoms with van der Waals surface area (Å²) in [6.07, 6.45) is 3.74. The molecule has 0 spiro atoms. The Morgan fingerprint density at radius 2 is 0.982 bits per heavy atom. The minimum atomic E-state index is -0.468. The lowest BCUT2D eigenvalue weighted by molar-refractivity contribution is 0.768. The molecule has 11 rings (SSSR count). The molecule has 1 aliphatic carbocycles. The number of fused-ring (bicyclic) bond motifs is 5. The fourth-order valence-electron chi connectivity index (χ4n) is 9.17. The Kier molecular flexibility index (Phi) is 7.71. The van der Waals surface area contributed by atoms with Crippen LogP contribution >= 0.6 is 0 Å². The minimum absolute atomic E-state index is 0.468. The first-order chi connectivity index (χ1) is 28.3. The number of pyridine rings is 1. The highest BCUT2D eigenvalue weighted by Gasteiger charge is 2.46. The van der Waals surface area contributed by atoms with Crippen LogP contribution < -0.4 is 0 Å². The molecule has 2 heterocycles. The van der Waals surface area contributed by atoms with Crippen molar-refractivity contribution in [3.8, 4) is 56.2 Å². The molecule has 1 aliphatic rings. The average Bonchev–Trinajstić information content (AvgIpc) is 3.60. The van der Waals surface area contributed by atoms with Gasteiger partial charge in [0.1, 0.15) is 0 Å². The van der Waals surface area contributed by atoms with Gasteiger partial charge in [0.05, 0.1) is 16.8 Å². The standard InChI is InChI=1S/C54H35N3/c1-4-15-37(16-5-1)53-56-50(38-28-27-36-31-32-55-35-39(36)33-38)34-51(57-53)45-30-29-44(42-21-10-11-22-43(42)45)46-24-14-26-49-52(46)47-23-12-13-25-48(47)54(49,40-17-6-2-7-18-40)41-19-8-3-9-20-41/h1-35H. The van der Waals surface area contributed by atoms with Crippen LogP contribution in [0.5, 0.6) is 0 Å². The van der Waals surface area contributed by atoms with Crippen LogP contribution in [0.3, 0.4) is 0 Å². The lowest BCUT2D eigenvalue weighted by atomic mass is 9.67. The van der Waals surface area contributed by atoms with Crippen LogP contribution in [0.25, 0.3) is 77.7 Å². The molecule has 3 heteroatoms. The second kappa shape index (κ2) is 13.4. The maximum Gasteiger partial charge on any atom is 0.160 e. The number of hydrogen-bond donors (Lipinski definition) is 0. The summed E-state index contributed by atoms with van der Waals surface area (Å²) in [5.74, 6) is 0.693. The first kappa shape index (κ1) is 32.9. The molecule has 0 amide bonds. The van der Waals surface area contributed by atoms with E-state index in [-0.39, 0.29) is 0 Å². The Hall–Kier alpha value is -7.49. The Labute approximate surface area is 331 Å². The van der Waals surface area contributed by atoms with Gasteiger partial charge < -0.3 is 0 Å². The van der Waals surface area contributed by atoms with E-state index in [9.17, 15) is 0 Å². The molecule has 0 saturated carbocycles. The number of aromatic nitrogens is 3. The van der Waals surface area contributed by atoms with Gasteiger partial charge in [0, 0.05) is 34.5 Å². The van der Waals surface area contributed by atoms with E-state index < -0.39 is 5.41 Å². The fraction of sp³-hybridized carbons (Fsp3) is 0.0185. The van der Waals surface area contributed by atoms with E-state index in [0.717, 1.165) is 44.2 Å². The zero-order valence-electron chi connectivity index (χ0n) is 31.0. The second-order valence-electron chi connectivity index (χ2n) is 14.7. The summed E-state index contributed by atoms with van der Waals surface area (Å²) < 4.78 is 0. The monoisotopic (exact) mass is 725 g/mol. The molecular weight excluding hydrogens is 691 g/mol. The van der Waals surface area contributed by atoms with Gasteiger partial charge in [0.25, 0.3) is 0 Å². The van der Waals surface area contributed by atoms with Crippen molar-refractivity contribution in [1.82, 2.24) is 15.0 Å². The van der Waals surface area contributed by atoms with E-state index in [1.807, 2.05) is 36.7 Å². The maximum atomic E-state index is 5.26. The molecule has 0 unspecified atom stereocenters. The summed E-state index contributed by atoms with van der Waals surface area (Å²) in [6.45, 7) is 0. The van der Waals surface area contributed by atoms with Crippen molar-refractivity contribution in [3.05, 3.63) is 235 Å². The van der Waals surface area contributed by atoms with E-state index in [0.29, 0.717) is 5.82 Å². The van der Waals surface area contributed by atoms with Crippen molar-refractivity contribution in [2.24, 2.45) is 0 Å². The van der Waals surface area contributed by atoms with Crippen molar-refractivity contribution < 1.29 is 0 Å². The molecule has 0 N–H and O–H groups in total. The highest BCUT2D eigenvalue weighted by molar-refractivity contribution is 6.08. The Balaban J connectivity index is 1.14. The van der Waals surface area contributed by atoms with Gasteiger partial charge in [-0.2, -0.15) is 0 Å². The number of hydrogen-bond acceptors (Lipinski definition) is 3. The molecule has 8 aromatic carbocycles. The SMILES string of the molecule is c1ccc(-c2nc(-c3ccc4ccncc4c3)cc(-c3ccc(-c4cccc5c4-c4ccccc4C5(c4ccccc4)c4ccccc4)c4ccccc34)n2)cc1. The third-order valence-electron chi connectivity index (χ3n) is 11.7. The molecule has 0 atom stereocenters. The van der Waals surface area contributed by atoms with Gasteiger partial charge in [-0.3, -0.25) is 4.98 Å². The highest BCUT2D eigenvalue weighted by atomic mass is 14.9. The topological polar surface area (TPSA) is 38.7 Å². The molecule has 266 valence electrons. The summed E-state index contributed by atoms with van der Waals surface area (Å²) >= 11 is 0. The number of rotatable bonds is 6. The molecule has 0 radical (unpaired) electrons. The maximum absolute atomic E-state index is 5.26. The van der Waals surface area contributed by atoms with Crippen LogP contribution in [0.1, 0.15) is 22.3 Å². The molecule has 0 aliphatic heterocycles. The molecule has 0 bridgehead atoms. The summed E-state index contributed by atoms with van der Waals surface area (Å²) in [4.78, 5) is 14.8. The van der Waals surface area contributed by atoms with E-state index >= 15 is 0 Å². The lowest BCUT2D eigenvalue weighted by Crippen LogP contribution is -2.28.